The first-order valence-electron chi connectivity index (χ1n) is 11.1. The highest BCUT2D eigenvalue weighted by molar-refractivity contribution is 6.30. The van der Waals surface area contributed by atoms with Gasteiger partial charge < -0.3 is 20.7 Å². The number of ether oxygens (including phenoxy) is 1. The van der Waals surface area contributed by atoms with E-state index < -0.39 is 0 Å². The van der Waals surface area contributed by atoms with Crippen LogP contribution in [0.5, 0.6) is 5.75 Å². The number of rotatable bonds is 7. The fourth-order valence-electron chi connectivity index (χ4n) is 4.03. The number of benzene rings is 1. The number of nitrogens with one attached hydrogen (secondary N) is 3. The van der Waals surface area contributed by atoms with Gasteiger partial charge in [0.1, 0.15) is 5.75 Å². The number of methoxy groups -OCH3 is 1. The van der Waals surface area contributed by atoms with Gasteiger partial charge in [0.2, 0.25) is 5.91 Å². The summed E-state index contributed by atoms with van der Waals surface area (Å²) < 4.78 is 6.75. The third-order valence-corrected chi connectivity index (χ3v) is 5.98. The summed E-state index contributed by atoms with van der Waals surface area (Å²) in [6, 6.07) is 10.1. The van der Waals surface area contributed by atoms with Crippen molar-refractivity contribution in [1.29, 1.82) is 0 Å². The zero-order valence-electron chi connectivity index (χ0n) is 19.4. The first-order valence-corrected chi connectivity index (χ1v) is 11.5. The van der Waals surface area contributed by atoms with Crippen LogP contribution in [0.3, 0.4) is 0 Å². The second-order valence-corrected chi connectivity index (χ2v) is 8.73. The lowest BCUT2D eigenvalue weighted by Crippen LogP contribution is -2.52. The molecule has 0 saturated carbocycles. The van der Waals surface area contributed by atoms with Gasteiger partial charge in [-0.25, -0.2) is 4.79 Å². The van der Waals surface area contributed by atoms with Crippen LogP contribution in [0.4, 0.5) is 16.3 Å². The molecule has 3 heterocycles. The Labute approximate surface area is 207 Å². The molecule has 35 heavy (non-hydrogen) atoms. The Bertz CT molecular complexity index is 1150. The van der Waals surface area contributed by atoms with E-state index in [1.54, 1.807) is 50.8 Å². The smallest absolute Gasteiger partial charge is 0.319 e. The fraction of sp³-hybridized carbons (Fsp3) is 0.348. The van der Waals surface area contributed by atoms with Crippen LogP contribution in [0.25, 0.3) is 0 Å². The number of carbonyl (C=O) groups excluding carboxylic acids is 2. The number of aromatic nitrogens is 4. The van der Waals surface area contributed by atoms with Crippen molar-refractivity contribution in [2.24, 2.45) is 7.05 Å². The van der Waals surface area contributed by atoms with E-state index in [0.717, 1.165) is 5.69 Å². The molecule has 0 unspecified atom stereocenters. The Morgan fingerprint density at radius 3 is 2.63 bits per heavy atom. The predicted octanol–water partition coefficient (Wildman–Crippen LogP) is 2.49. The molecule has 0 spiro atoms. The molecule has 184 valence electrons. The minimum atomic E-state index is -0.315. The second kappa shape index (κ2) is 11.2. The van der Waals surface area contributed by atoms with Crippen molar-refractivity contribution in [2.45, 2.75) is 18.4 Å². The molecule has 4 rings (SSSR count). The molecule has 0 radical (unpaired) electrons. The number of nitrogens with zero attached hydrogens (tertiary/aromatic N) is 5. The van der Waals surface area contributed by atoms with E-state index in [1.807, 2.05) is 17.0 Å². The number of pyridine rings is 1. The van der Waals surface area contributed by atoms with Gasteiger partial charge >= 0.3 is 6.03 Å². The lowest BCUT2D eigenvalue weighted by Gasteiger charge is -2.38. The number of hydrogen-bond donors (Lipinski definition) is 3. The first-order chi connectivity index (χ1) is 16.9. The highest BCUT2D eigenvalue weighted by Gasteiger charge is 2.33. The molecule has 2 atom stereocenters. The number of amides is 3. The van der Waals surface area contributed by atoms with Crippen LogP contribution in [-0.4, -0.2) is 69.6 Å². The quantitative estimate of drug-likeness (QED) is 0.456. The maximum Gasteiger partial charge on any atom is 0.319 e. The molecule has 1 aromatic carbocycles. The fourth-order valence-corrected chi connectivity index (χ4v) is 4.15. The van der Waals surface area contributed by atoms with Crippen molar-refractivity contribution in [1.82, 2.24) is 30.2 Å². The molecule has 3 amide bonds. The lowest BCUT2D eigenvalue weighted by molar-refractivity contribution is -0.117. The van der Waals surface area contributed by atoms with E-state index in [1.165, 1.54) is 4.68 Å². The summed E-state index contributed by atoms with van der Waals surface area (Å²) >= 11 is 5.92. The van der Waals surface area contributed by atoms with Crippen molar-refractivity contribution >= 4 is 35.0 Å². The summed E-state index contributed by atoms with van der Waals surface area (Å²) in [5, 5.41) is 17.0. The lowest BCUT2D eigenvalue weighted by atomic mass is 9.88. The van der Waals surface area contributed by atoms with E-state index in [-0.39, 0.29) is 30.4 Å². The van der Waals surface area contributed by atoms with Gasteiger partial charge in [-0.1, -0.05) is 16.8 Å². The molecule has 1 fully saturated rings. The van der Waals surface area contributed by atoms with Crippen molar-refractivity contribution in [3.05, 3.63) is 59.5 Å². The van der Waals surface area contributed by atoms with Crippen LogP contribution in [0.15, 0.2) is 48.8 Å². The van der Waals surface area contributed by atoms with E-state index in [2.05, 4.69) is 31.2 Å². The number of carbonyl (C=O) groups is 2. The number of urea groups is 1. The molecule has 2 aromatic heterocycles. The molecular weight excluding hydrogens is 472 g/mol. The van der Waals surface area contributed by atoms with Gasteiger partial charge in [-0.15, -0.1) is 5.10 Å². The second-order valence-electron chi connectivity index (χ2n) is 8.29. The van der Waals surface area contributed by atoms with E-state index in [0.29, 0.717) is 41.8 Å². The third-order valence-electron chi connectivity index (χ3n) is 5.73. The number of halogens is 1. The molecule has 1 saturated heterocycles. The number of aryl methyl sites for hydroxylation is 1. The van der Waals surface area contributed by atoms with Crippen LogP contribution < -0.4 is 20.7 Å². The molecule has 12 heteroatoms. The van der Waals surface area contributed by atoms with E-state index in [9.17, 15) is 9.59 Å². The normalized spacial score (nSPS) is 18.0. The Hall–Kier alpha value is -3.70. The van der Waals surface area contributed by atoms with Crippen LogP contribution in [0, 0.1) is 0 Å². The molecule has 1 aliphatic heterocycles. The molecular formula is C23H27ClN8O3. The summed E-state index contributed by atoms with van der Waals surface area (Å²) in [7, 11) is 3.32. The maximum atomic E-state index is 12.7. The van der Waals surface area contributed by atoms with Gasteiger partial charge in [0.25, 0.3) is 0 Å². The summed E-state index contributed by atoms with van der Waals surface area (Å²) in [6.07, 6.45) is 3.93. The predicted molar refractivity (Wildman–Crippen MR) is 132 cm³/mol. The Kier molecular flexibility index (Phi) is 7.78. The van der Waals surface area contributed by atoms with Gasteiger partial charge in [-0.3, -0.25) is 19.4 Å². The molecule has 11 nitrogen and oxygen atoms in total. The Balaban J connectivity index is 1.43. The van der Waals surface area contributed by atoms with Gasteiger partial charge in [0.15, 0.2) is 5.82 Å². The Morgan fingerprint density at radius 2 is 1.97 bits per heavy atom. The van der Waals surface area contributed by atoms with Crippen molar-refractivity contribution in [3.8, 4) is 5.75 Å². The number of likely N-dealkylation sites (tertiary alicyclic amines) is 1. The third kappa shape index (κ3) is 6.67. The van der Waals surface area contributed by atoms with Gasteiger partial charge in [0, 0.05) is 48.5 Å². The topological polar surface area (TPSA) is 126 Å². The van der Waals surface area contributed by atoms with Gasteiger partial charge in [0.05, 0.1) is 26.0 Å². The van der Waals surface area contributed by atoms with Crippen LogP contribution in [0.1, 0.15) is 18.0 Å². The number of hydrogen-bond acceptors (Lipinski definition) is 7. The minimum absolute atomic E-state index is 0.130. The summed E-state index contributed by atoms with van der Waals surface area (Å²) in [5.41, 5.74) is 1.45. The van der Waals surface area contributed by atoms with Crippen LogP contribution in [0.2, 0.25) is 5.02 Å². The van der Waals surface area contributed by atoms with Gasteiger partial charge in [-0.2, -0.15) is 0 Å². The first kappa shape index (κ1) is 24.4. The molecule has 3 aromatic rings. The van der Waals surface area contributed by atoms with Crippen molar-refractivity contribution in [3.63, 3.8) is 0 Å². The Morgan fingerprint density at radius 1 is 1.17 bits per heavy atom. The van der Waals surface area contributed by atoms with Crippen LogP contribution in [-0.2, 0) is 11.8 Å². The van der Waals surface area contributed by atoms with Crippen LogP contribution >= 0.6 is 11.6 Å². The molecule has 1 aliphatic rings. The highest BCUT2D eigenvalue weighted by Crippen LogP contribution is 2.27. The number of anilines is 2. The summed E-state index contributed by atoms with van der Waals surface area (Å²) in [4.78, 5) is 31.9. The van der Waals surface area contributed by atoms with Gasteiger partial charge in [-0.05, 0) is 42.8 Å². The molecule has 0 aliphatic carbocycles. The van der Waals surface area contributed by atoms with Crippen molar-refractivity contribution < 1.29 is 14.3 Å². The average molecular weight is 499 g/mol. The number of piperidine rings is 1. The average Bonchev–Trinajstić information content (AvgIpc) is 3.25. The largest absolute Gasteiger partial charge is 0.495 e. The molecule has 0 bridgehead atoms. The van der Waals surface area contributed by atoms with E-state index in [4.69, 9.17) is 16.3 Å². The van der Waals surface area contributed by atoms with E-state index >= 15 is 0 Å². The summed E-state index contributed by atoms with van der Waals surface area (Å²) in [6.45, 7) is 1.36. The minimum Gasteiger partial charge on any atom is -0.495 e. The maximum absolute atomic E-state index is 12.7. The highest BCUT2D eigenvalue weighted by atomic mass is 35.5. The standard InChI is InChI=1S/C23H27ClN8O3/c1-31-13-21(29-30-31)28-22(33)14-32-10-9-20(18(12-32)19-8-7-17(35-2)11-25-19)27-23(34)26-16-5-3-15(24)4-6-16/h3-8,11,13,18,20H,9-10,12,14H2,1-2H3,(H,28,33)(H2,26,27,34)/t18-,20+/m0/s1. The van der Waals surface area contributed by atoms with Crippen molar-refractivity contribution in [2.75, 3.05) is 37.4 Å². The zero-order chi connectivity index (χ0) is 24.8. The monoisotopic (exact) mass is 498 g/mol. The SMILES string of the molecule is COc1ccc([C@@H]2CN(CC(=O)Nc3cn(C)nn3)CC[C@H]2NC(=O)Nc2ccc(Cl)cc2)nc1. The summed E-state index contributed by atoms with van der Waals surface area (Å²) in [5.74, 6) is 0.741. The molecule has 3 N–H and O–H groups in total. The zero-order valence-corrected chi connectivity index (χ0v) is 20.2.